The van der Waals surface area contributed by atoms with Gasteiger partial charge in [0.1, 0.15) is 0 Å². The topological polar surface area (TPSA) is 37.4 Å². The van der Waals surface area contributed by atoms with Crippen molar-refractivity contribution in [2.75, 3.05) is 31.2 Å². The van der Waals surface area contributed by atoms with Crippen LogP contribution < -0.4 is 10.2 Å². The lowest BCUT2D eigenvalue weighted by molar-refractivity contribution is 0.181. The lowest BCUT2D eigenvalue weighted by Crippen LogP contribution is -2.48. The van der Waals surface area contributed by atoms with Gasteiger partial charge in [0, 0.05) is 55.2 Å². The number of anilines is 1. The first-order valence-electron chi connectivity index (χ1n) is 9.62. The van der Waals surface area contributed by atoms with E-state index >= 15 is 0 Å². The number of piperidine rings is 1. The monoisotopic (exact) mass is 373 g/mol. The molecule has 2 aromatic rings. The molecule has 2 atom stereocenters. The van der Waals surface area contributed by atoms with Crippen molar-refractivity contribution in [2.45, 2.75) is 31.3 Å². The van der Waals surface area contributed by atoms with E-state index < -0.39 is 11.6 Å². The number of benzene rings is 1. The molecule has 27 heavy (non-hydrogen) atoms. The van der Waals surface area contributed by atoms with Crippen molar-refractivity contribution in [3.63, 3.8) is 0 Å². The maximum absolute atomic E-state index is 13.5. The van der Waals surface area contributed by atoms with Crippen LogP contribution in [0.25, 0.3) is 0 Å². The maximum Gasteiger partial charge on any atom is 0.160 e. The highest BCUT2D eigenvalue weighted by Gasteiger charge is 2.31. The molecule has 4 nitrogen and oxygen atoms in total. The van der Waals surface area contributed by atoms with Crippen LogP contribution in [0.2, 0.25) is 0 Å². The molecule has 3 heterocycles. The van der Waals surface area contributed by atoms with Gasteiger partial charge in [-0.25, -0.2) is 8.78 Å². The van der Waals surface area contributed by atoms with Crippen LogP contribution in [0.1, 0.15) is 18.4 Å². The predicted octanol–water partition coefficient (Wildman–Crippen LogP) is 3.18. The Hall–Kier alpha value is -2.05. The molecular formula is C21H25F2N3O. The first-order valence-corrected chi connectivity index (χ1v) is 9.62. The summed E-state index contributed by atoms with van der Waals surface area (Å²) in [4.78, 5) is 6.20. The Morgan fingerprint density at radius 3 is 2.56 bits per heavy atom. The van der Waals surface area contributed by atoms with Gasteiger partial charge in [0.2, 0.25) is 0 Å². The van der Waals surface area contributed by atoms with E-state index in [1.165, 1.54) is 17.7 Å². The highest BCUT2D eigenvalue weighted by molar-refractivity contribution is 5.47. The molecule has 1 N–H and O–H groups in total. The zero-order chi connectivity index (χ0) is 18.6. The van der Waals surface area contributed by atoms with E-state index in [2.05, 4.69) is 27.3 Å². The fraction of sp³-hybridized carbons (Fsp3) is 0.476. The molecule has 0 amide bonds. The average Bonchev–Trinajstić information content (AvgIpc) is 3.12. The molecule has 0 aliphatic carbocycles. The SMILES string of the molecule is Fc1ccc(N2CCC(N[C@@H]3COC[C@H]3Cc3ccncc3)CC2)cc1F. The third kappa shape index (κ3) is 4.45. The van der Waals surface area contributed by atoms with Gasteiger partial charge in [-0.3, -0.25) is 4.98 Å². The summed E-state index contributed by atoms with van der Waals surface area (Å²) in [6, 6.07) is 9.07. The highest BCUT2D eigenvalue weighted by atomic mass is 19.2. The van der Waals surface area contributed by atoms with Crippen LogP contribution in [0, 0.1) is 17.6 Å². The molecule has 2 aliphatic heterocycles. The van der Waals surface area contributed by atoms with E-state index in [0.29, 0.717) is 18.0 Å². The van der Waals surface area contributed by atoms with E-state index in [9.17, 15) is 8.78 Å². The summed E-state index contributed by atoms with van der Waals surface area (Å²) in [7, 11) is 0. The Morgan fingerprint density at radius 2 is 1.81 bits per heavy atom. The number of pyridine rings is 1. The lowest BCUT2D eigenvalue weighted by Gasteiger charge is -2.36. The Labute approximate surface area is 158 Å². The first kappa shape index (κ1) is 18.3. The maximum atomic E-state index is 13.5. The van der Waals surface area contributed by atoms with E-state index in [4.69, 9.17) is 4.74 Å². The Balaban J connectivity index is 1.30. The number of hydrogen-bond acceptors (Lipinski definition) is 4. The molecule has 1 aromatic carbocycles. The van der Waals surface area contributed by atoms with Crippen molar-refractivity contribution >= 4 is 5.69 Å². The quantitative estimate of drug-likeness (QED) is 0.874. The Morgan fingerprint density at radius 1 is 1.04 bits per heavy atom. The average molecular weight is 373 g/mol. The molecule has 6 heteroatoms. The van der Waals surface area contributed by atoms with Gasteiger partial charge in [0.05, 0.1) is 13.2 Å². The molecule has 0 unspecified atom stereocenters. The summed E-state index contributed by atoms with van der Waals surface area (Å²) in [6.45, 7) is 3.21. The van der Waals surface area contributed by atoms with Crippen LogP contribution in [-0.4, -0.2) is 43.4 Å². The van der Waals surface area contributed by atoms with Crippen LogP contribution in [0.3, 0.4) is 0 Å². The molecule has 4 rings (SSSR count). The standard InChI is InChI=1S/C21H25F2N3O/c22-19-2-1-18(12-20(19)23)26-9-5-17(6-10-26)25-21-14-27-13-16(21)11-15-3-7-24-8-4-15/h1-4,7-8,12,16-17,21,25H,5-6,9-11,13-14H2/t16-,21-/m1/s1. The minimum Gasteiger partial charge on any atom is -0.379 e. The Kier molecular flexibility index (Phi) is 5.64. The molecule has 144 valence electrons. The molecule has 1 aromatic heterocycles. The van der Waals surface area contributed by atoms with Crippen LogP contribution in [0.4, 0.5) is 14.5 Å². The van der Waals surface area contributed by atoms with Crippen LogP contribution in [-0.2, 0) is 11.2 Å². The fourth-order valence-corrected chi connectivity index (χ4v) is 4.09. The zero-order valence-electron chi connectivity index (χ0n) is 15.3. The number of rotatable bonds is 5. The second-order valence-corrected chi connectivity index (χ2v) is 7.49. The van der Waals surface area contributed by atoms with Gasteiger partial charge >= 0.3 is 0 Å². The summed E-state index contributed by atoms with van der Waals surface area (Å²) in [5, 5.41) is 3.78. The smallest absolute Gasteiger partial charge is 0.160 e. The van der Waals surface area contributed by atoms with E-state index in [0.717, 1.165) is 51.3 Å². The predicted molar refractivity (Wildman–Crippen MR) is 101 cm³/mol. The molecule has 2 saturated heterocycles. The van der Waals surface area contributed by atoms with Gasteiger partial charge in [0.25, 0.3) is 0 Å². The summed E-state index contributed by atoms with van der Waals surface area (Å²) in [5.41, 5.74) is 2.05. The molecular weight excluding hydrogens is 348 g/mol. The van der Waals surface area contributed by atoms with Gasteiger partial charge < -0.3 is 15.0 Å². The van der Waals surface area contributed by atoms with Crippen molar-refractivity contribution in [2.24, 2.45) is 5.92 Å². The molecule has 0 spiro atoms. The summed E-state index contributed by atoms with van der Waals surface area (Å²) >= 11 is 0. The van der Waals surface area contributed by atoms with E-state index in [-0.39, 0.29) is 0 Å². The zero-order valence-corrected chi connectivity index (χ0v) is 15.3. The van der Waals surface area contributed by atoms with Gasteiger partial charge in [-0.15, -0.1) is 0 Å². The molecule has 0 radical (unpaired) electrons. The number of aromatic nitrogens is 1. The summed E-state index contributed by atoms with van der Waals surface area (Å²) in [5.74, 6) is -1.11. The van der Waals surface area contributed by atoms with E-state index in [1.54, 1.807) is 6.07 Å². The Bertz CT molecular complexity index is 750. The fourth-order valence-electron chi connectivity index (χ4n) is 4.09. The highest BCUT2D eigenvalue weighted by Crippen LogP contribution is 2.24. The third-order valence-electron chi connectivity index (χ3n) is 5.66. The molecule has 0 bridgehead atoms. The largest absolute Gasteiger partial charge is 0.379 e. The number of nitrogens with zero attached hydrogens (tertiary/aromatic N) is 2. The van der Waals surface area contributed by atoms with E-state index in [1.807, 2.05) is 12.4 Å². The van der Waals surface area contributed by atoms with Crippen molar-refractivity contribution in [3.05, 3.63) is 59.9 Å². The summed E-state index contributed by atoms with van der Waals surface area (Å²) < 4.78 is 32.3. The van der Waals surface area contributed by atoms with Crippen LogP contribution in [0.5, 0.6) is 0 Å². The lowest BCUT2D eigenvalue weighted by atomic mass is 9.93. The third-order valence-corrected chi connectivity index (χ3v) is 5.66. The van der Waals surface area contributed by atoms with Gasteiger partial charge in [-0.05, 0) is 49.1 Å². The van der Waals surface area contributed by atoms with Gasteiger partial charge in [0.15, 0.2) is 11.6 Å². The van der Waals surface area contributed by atoms with Crippen molar-refractivity contribution in [3.8, 4) is 0 Å². The van der Waals surface area contributed by atoms with Gasteiger partial charge in [-0.1, -0.05) is 0 Å². The second-order valence-electron chi connectivity index (χ2n) is 7.49. The number of halogens is 2. The normalized spacial score (nSPS) is 23.7. The van der Waals surface area contributed by atoms with Gasteiger partial charge in [-0.2, -0.15) is 0 Å². The summed E-state index contributed by atoms with van der Waals surface area (Å²) in [6.07, 6.45) is 6.63. The molecule has 0 saturated carbocycles. The van der Waals surface area contributed by atoms with Crippen molar-refractivity contribution in [1.29, 1.82) is 0 Å². The molecule has 2 aliphatic rings. The second kappa shape index (κ2) is 8.31. The van der Waals surface area contributed by atoms with Crippen molar-refractivity contribution < 1.29 is 13.5 Å². The van der Waals surface area contributed by atoms with Crippen LogP contribution in [0.15, 0.2) is 42.7 Å². The van der Waals surface area contributed by atoms with Crippen molar-refractivity contribution in [1.82, 2.24) is 10.3 Å². The number of ether oxygens (including phenoxy) is 1. The first-order chi connectivity index (χ1) is 13.2. The number of nitrogens with one attached hydrogen (secondary N) is 1. The minimum atomic E-state index is -0.795. The number of hydrogen-bond donors (Lipinski definition) is 1. The van der Waals surface area contributed by atoms with Crippen LogP contribution >= 0.6 is 0 Å². The molecule has 2 fully saturated rings. The minimum absolute atomic E-state index is 0.359.